The Balaban J connectivity index is 2.12. The van der Waals surface area contributed by atoms with Gasteiger partial charge >= 0.3 is 5.97 Å². The summed E-state index contributed by atoms with van der Waals surface area (Å²) < 4.78 is 11.5. The molecule has 0 aliphatic rings. The summed E-state index contributed by atoms with van der Waals surface area (Å²) in [6.07, 6.45) is 1.18. The maximum absolute atomic E-state index is 10.7. The Morgan fingerprint density at radius 1 is 1.47 bits per heavy atom. The Morgan fingerprint density at radius 3 is 2.79 bits per heavy atom. The molecule has 100 valence electrons. The highest BCUT2D eigenvalue weighted by molar-refractivity contribution is 9.10. The number of carbonyl (C=O) groups is 1. The van der Waals surface area contributed by atoms with E-state index in [1.54, 1.807) is 6.07 Å². The highest BCUT2D eigenvalue weighted by Gasteiger charge is 2.11. The normalized spacial score (nSPS) is 10.5. The van der Waals surface area contributed by atoms with Gasteiger partial charge in [0.2, 0.25) is 0 Å². The van der Waals surface area contributed by atoms with Crippen molar-refractivity contribution in [3.8, 4) is 5.75 Å². The molecule has 0 bridgehead atoms. The van der Waals surface area contributed by atoms with Crippen LogP contribution in [0.25, 0.3) is 0 Å². The number of halogens is 2. The maximum Gasteiger partial charge on any atom is 0.338 e. The maximum atomic E-state index is 10.7. The van der Waals surface area contributed by atoms with Crippen molar-refractivity contribution in [2.24, 2.45) is 0 Å². The van der Waals surface area contributed by atoms with Gasteiger partial charge < -0.3 is 14.3 Å². The number of hydrogen-bond donors (Lipinski definition) is 1. The van der Waals surface area contributed by atoms with Gasteiger partial charge in [0, 0.05) is 4.47 Å². The van der Waals surface area contributed by atoms with Crippen LogP contribution in [-0.4, -0.2) is 11.1 Å². The average Bonchev–Trinajstić information content (AvgIpc) is 2.76. The Hall–Kier alpha value is -1.46. The number of hydrogen-bond acceptors (Lipinski definition) is 3. The first kappa shape index (κ1) is 14.0. The molecule has 19 heavy (non-hydrogen) atoms. The summed E-state index contributed by atoms with van der Waals surface area (Å²) in [6.45, 7) is 1.99. The van der Waals surface area contributed by atoms with E-state index >= 15 is 0 Å². The molecule has 0 aliphatic heterocycles. The summed E-state index contributed by atoms with van der Waals surface area (Å²) in [6, 6.07) is 5.03. The van der Waals surface area contributed by atoms with Gasteiger partial charge in [0.25, 0.3) is 0 Å². The van der Waals surface area contributed by atoms with Gasteiger partial charge in [-0.3, -0.25) is 0 Å². The number of carboxylic acid groups (broad SMARTS) is 1. The highest BCUT2D eigenvalue weighted by atomic mass is 79.9. The number of rotatable bonds is 4. The molecule has 0 saturated heterocycles. The van der Waals surface area contributed by atoms with Gasteiger partial charge in [-0.2, -0.15) is 0 Å². The predicted octanol–water partition coefficient (Wildman–Crippen LogP) is 4.28. The van der Waals surface area contributed by atoms with Crippen molar-refractivity contribution in [1.82, 2.24) is 0 Å². The van der Waals surface area contributed by atoms with Gasteiger partial charge in [-0.1, -0.05) is 27.5 Å². The van der Waals surface area contributed by atoms with Gasteiger partial charge in [0.05, 0.1) is 10.6 Å². The van der Waals surface area contributed by atoms with Crippen LogP contribution in [0.3, 0.4) is 0 Å². The zero-order valence-corrected chi connectivity index (χ0v) is 12.3. The molecule has 0 spiro atoms. The number of aromatic carboxylic acids is 1. The minimum Gasteiger partial charge on any atom is -0.484 e. The second-order valence-electron chi connectivity index (χ2n) is 3.93. The van der Waals surface area contributed by atoms with E-state index < -0.39 is 5.97 Å². The van der Waals surface area contributed by atoms with E-state index in [1.807, 2.05) is 13.0 Å². The number of aryl methyl sites for hydroxylation is 1. The Labute approximate surface area is 123 Å². The zero-order chi connectivity index (χ0) is 14.0. The molecule has 6 heteroatoms. The zero-order valence-electron chi connectivity index (χ0n) is 9.94. The van der Waals surface area contributed by atoms with E-state index in [9.17, 15) is 4.79 Å². The van der Waals surface area contributed by atoms with Crippen LogP contribution in [-0.2, 0) is 6.61 Å². The third-order valence-corrected chi connectivity index (χ3v) is 3.19. The topological polar surface area (TPSA) is 59.7 Å². The summed E-state index contributed by atoms with van der Waals surface area (Å²) in [5.74, 6) is -0.0539. The van der Waals surface area contributed by atoms with Crippen LogP contribution in [0, 0.1) is 6.92 Å². The monoisotopic (exact) mass is 344 g/mol. The fourth-order valence-corrected chi connectivity index (χ4v) is 2.61. The van der Waals surface area contributed by atoms with Gasteiger partial charge in [-0.25, -0.2) is 4.79 Å². The Kier molecular flexibility index (Phi) is 4.17. The summed E-state index contributed by atoms with van der Waals surface area (Å²) in [4.78, 5) is 10.7. The Morgan fingerprint density at radius 2 is 2.21 bits per heavy atom. The second kappa shape index (κ2) is 5.67. The lowest BCUT2D eigenvalue weighted by Gasteiger charge is -2.10. The quantitative estimate of drug-likeness (QED) is 0.898. The number of furan rings is 1. The number of carboxylic acids is 1. The highest BCUT2D eigenvalue weighted by Crippen LogP contribution is 2.32. The molecule has 2 rings (SSSR count). The molecule has 1 N–H and O–H groups in total. The fourth-order valence-electron chi connectivity index (χ4n) is 1.58. The van der Waals surface area contributed by atoms with E-state index in [1.165, 1.54) is 12.3 Å². The van der Waals surface area contributed by atoms with Crippen molar-refractivity contribution >= 4 is 33.5 Å². The summed E-state index contributed by atoms with van der Waals surface area (Å²) >= 11 is 9.42. The second-order valence-corrected chi connectivity index (χ2v) is 5.25. The van der Waals surface area contributed by atoms with Gasteiger partial charge in [0.1, 0.15) is 24.4 Å². The minimum absolute atomic E-state index is 0.0947. The molecule has 1 aromatic carbocycles. The molecular formula is C13H10BrClO4. The van der Waals surface area contributed by atoms with Crippen LogP contribution in [0.1, 0.15) is 21.7 Å². The molecule has 0 unspecified atom stereocenters. The molecule has 1 heterocycles. The Bertz CT molecular complexity index is 598. The van der Waals surface area contributed by atoms with Crippen molar-refractivity contribution in [2.45, 2.75) is 13.5 Å². The number of ether oxygens (including phenoxy) is 1. The molecule has 1 aromatic heterocycles. The average molecular weight is 346 g/mol. The van der Waals surface area contributed by atoms with E-state index in [0.29, 0.717) is 16.5 Å². The molecule has 0 atom stereocenters. The van der Waals surface area contributed by atoms with Gasteiger partial charge in [-0.15, -0.1) is 0 Å². The summed E-state index contributed by atoms with van der Waals surface area (Å²) in [5, 5.41) is 9.26. The van der Waals surface area contributed by atoms with Crippen molar-refractivity contribution in [3.05, 3.63) is 50.8 Å². The van der Waals surface area contributed by atoms with Crippen molar-refractivity contribution in [1.29, 1.82) is 0 Å². The third kappa shape index (κ3) is 3.30. The van der Waals surface area contributed by atoms with E-state index in [2.05, 4.69) is 15.9 Å². The van der Waals surface area contributed by atoms with Crippen LogP contribution < -0.4 is 4.74 Å². The van der Waals surface area contributed by atoms with Crippen LogP contribution in [0.15, 0.2) is 33.4 Å². The SMILES string of the molecule is Cc1cc(Br)cc(Cl)c1OCc1cc(C(=O)O)co1. The van der Waals surface area contributed by atoms with Crippen LogP contribution in [0.2, 0.25) is 5.02 Å². The molecule has 0 saturated carbocycles. The molecule has 0 radical (unpaired) electrons. The molecule has 0 aliphatic carbocycles. The van der Waals surface area contributed by atoms with Gasteiger partial charge in [0.15, 0.2) is 0 Å². The lowest BCUT2D eigenvalue weighted by molar-refractivity contribution is 0.0696. The minimum atomic E-state index is -1.03. The van der Waals surface area contributed by atoms with E-state index in [4.69, 9.17) is 25.9 Å². The van der Waals surface area contributed by atoms with Crippen LogP contribution >= 0.6 is 27.5 Å². The van der Waals surface area contributed by atoms with Crippen LogP contribution in [0.4, 0.5) is 0 Å². The largest absolute Gasteiger partial charge is 0.484 e. The smallest absolute Gasteiger partial charge is 0.338 e. The summed E-state index contributed by atoms with van der Waals surface area (Å²) in [7, 11) is 0. The summed E-state index contributed by atoms with van der Waals surface area (Å²) in [5.41, 5.74) is 0.974. The van der Waals surface area contributed by atoms with Crippen molar-refractivity contribution in [3.63, 3.8) is 0 Å². The van der Waals surface area contributed by atoms with E-state index in [-0.39, 0.29) is 12.2 Å². The molecule has 0 amide bonds. The first-order valence-electron chi connectivity index (χ1n) is 5.36. The third-order valence-electron chi connectivity index (χ3n) is 2.45. The molecule has 0 fully saturated rings. The van der Waals surface area contributed by atoms with Gasteiger partial charge in [-0.05, 0) is 30.7 Å². The van der Waals surface area contributed by atoms with Crippen molar-refractivity contribution in [2.75, 3.05) is 0 Å². The van der Waals surface area contributed by atoms with Crippen LogP contribution in [0.5, 0.6) is 5.75 Å². The van der Waals surface area contributed by atoms with Crippen molar-refractivity contribution < 1.29 is 19.1 Å². The first-order chi connectivity index (χ1) is 8.97. The lowest BCUT2D eigenvalue weighted by Crippen LogP contribution is -1.97. The van der Waals surface area contributed by atoms with E-state index in [0.717, 1.165) is 10.0 Å². The number of benzene rings is 1. The first-order valence-corrected chi connectivity index (χ1v) is 6.53. The molecule has 2 aromatic rings. The molecule has 4 nitrogen and oxygen atoms in total. The standard InChI is InChI=1S/C13H10BrClO4/c1-7-2-9(14)4-11(15)12(7)19-6-10-3-8(5-18-10)13(16)17/h2-5H,6H2,1H3,(H,16,17). The predicted molar refractivity (Wildman–Crippen MR) is 73.9 cm³/mol. The fraction of sp³-hybridized carbons (Fsp3) is 0.154. The lowest BCUT2D eigenvalue weighted by atomic mass is 10.2. The molecular weight excluding hydrogens is 335 g/mol.